The van der Waals surface area contributed by atoms with E-state index >= 15 is 0 Å². The maximum absolute atomic E-state index is 14.4. The third kappa shape index (κ3) is 7.98. The van der Waals surface area contributed by atoms with Crippen LogP contribution in [0.15, 0.2) is 108 Å². The Morgan fingerprint density at radius 1 is 0.886 bits per heavy atom. The first kappa shape index (κ1) is 32.6. The normalized spacial score (nSPS) is 11.8. The molecule has 10 heteroatoms. The molecule has 1 N–H and O–H groups in total. The summed E-state index contributed by atoms with van der Waals surface area (Å²) in [4.78, 5) is 29.1. The number of ether oxygens (including phenoxy) is 1. The van der Waals surface area contributed by atoms with Crippen molar-refractivity contribution in [1.29, 1.82) is 0 Å². The number of amides is 2. The number of nitrogens with zero attached hydrogens (tertiary/aromatic N) is 2. The van der Waals surface area contributed by atoms with Gasteiger partial charge < -0.3 is 15.0 Å². The summed E-state index contributed by atoms with van der Waals surface area (Å²) >= 11 is 6.50. The van der Waals surface area contributed by atoms with Crippen LogP contribution in [0.5, 0.6) is 5.75 Å². The molecular formula is C34H36ClN3O5S. The Morgan fingerprint density at radius 2 is 1.52 bits per heavy atom. The minimum atomic E-state index is -4.22. The van der Waals surface area contributed by atoms with Crippen molar-refractivity contribution in [2.75, 3.05) is 24.5 Å². The Bertz CT molecular complexity index is 1660. The Labute approximate surface area is 264 Å². The van der Waals surface area contributed by atoms with Crippen LogP contribution in [0.1, 0.15) is 23.6 Å². The summed E-state index contributed by atoms with van der Waals surface area (Å²) in [7, 11) is -2.71. The molecule has 4 aromatic carbocycles. The van der Waals surface area contributed by atoms with E-state index in [9.17, 15) is 18.0 Å². The zero-order valence-electron chi connectivity index (χ0n) is 24.9. The molecule has 0 saturated carbocycles. The number of benzene rings is 4. The van der Waals surface area contributed by atoms with Crippen LogP contribution in [0.3, 0.4) is 0 Å². The Kier molecular flexibility index (Phi) is 11.0. The van der Waals surface area contributed by atoms with Crippen molar-refractivity contribution in [3.8, 4) is 5.75 Å². The van der Waals surface area contributed by atoms with Gasteiger partial charge >= 0.3 is 0 Å². The highest BCUT2D eigenvalue weighted by Gasteiger charge is 2.34. The quantitative estimate of drug-likeness (QED) is 0.206. The summed E-state index contributed by atoms with van der Waals surface area (Å²) in [5.41, 5.74) is 2.72. The van der Waals surface area contributed by atoms with E-state index in [0.29, 0.717) is 28.6 Å². The van der Waals surface area contributed by atoms with E-state index in [0.717, 1.165) is 15.4 Å². The molecule has 8 nitrogen and oxygen atoms in total. The molecule has 0 heterocycles. The molecule has 0 aromatic heterocycles. The van der Waals surface area contributed by atoms with Crippen molar-refractivity contribution in [1.82, 2.24) is 10.2 Å². The summed E-state index contributed by atoms with van der Waals surface area (Å²) in [5.74, 6) is -0.417. The molecule has 230 valence electrons. The van der Waals surface area contributed by atoms with Gasteiger partial charge in [0, 0.05) is 25.0 Å². The van der Waals surface area contributed by atoms with Crippen molar-refractivity contribution < 1.29 is 22.7 Å². The molecule has 0 aliphatic heterocycles. The number of halogens is 1. The second-order valence-corrected chi connectivity index (χ2v) is 12.5. The third-order valence-electron chi connectivity index (χ3n) is 7.14. The lowest BCUT2D eigenvalue weighted by Crippen LogP contribution is -2.53. The standard InChI is InChI=1S/C34H36ClN3O5S/c1-4-43-29-18-20-30(21-19-29)44(41,42)38(28-16-14-25(2)15-17-28)24-33(39)37(23-27-12-8-9-13-31(27)35)32(34(40)36-3)22-26-10-6-5-7-11-26/h5-21,32H,4,22-24H2,1-3H3,(H,36,40)/t32-/m1/s1. The lowest BCUT2D eigenvalue weighted by molar-refractivity contribution is -0.139. The average molecular weight is 634 g/mol. The van der Waals surface area contributed by atoms with E-state index < -0.39 is 28.5 Å². The monoisotopic (exact) mass is 633 g/mol. The topological polar surface area (TPSA) is 96.0 Å². The third-order valence-corrected chi connectivity index (χ3v) is 9.30. The molecule has 0 bridgehead atoms. The van der Waals surface area contributed by atoms with Crippen molar-refractivity contribution in [2.24, 2.45) is 0 Å². The smallest absolute Gasteiger partial charge is 0.264 e. The lowest BCUT2D eigenvalue weighted by Gasteiger charge is -2.33. The molecule has 2 amide bonds. The van der Waals surface area contributed by atoms with E-state index in [2.05, 4.69) is 5.32 Å². The maximum atomic E-state index is 14.4. The van der Waals surface area contributed by atoms with Gasteiger partial charge in [0.1, 0.15) is 18.3 Å². The summed E-state index contributed by atoms with van der Waals surface area (Å²) < 4.78 is 34.8. The predicted molar refractivity (Wildman–Crippen MR) is 173 cm³/mol. The maximum Gasteiger partial charge on any atom is 0.264 e. The fourth-order valence-electron chi connectivity index (χ4n) is 4.77. The van der Waals surface area contributed by atoms with Crippen LogP contribution in [0.25, 0.3) is 0 Å². The number of carbonyl (C=O) groups is 2. The molecule has 1 atom stereocenters. The largest absolute Gasteiger partial charge is 0.494 e. The van der Waals surface area contributed by atoms with Crippen molar-refractivity contribution >= 4 is 39.1 Å². The lowest BCUT2D eigenvalue weighted by atomic mass is 10.0. The minimum Gasteiger partial charge on any atom is -0.494 e. The van der Waals surface area contributed by atoms with Crippen LogP contribution < -0.4 is 14.4 Å². The molecule has 4 rings (SSSR count). The Hall–Kier alpha value is -4.34. The second-order valence-electron chi connectivity index (χ2n) is 10.2. The van der Waals surface area contributed by atoms with Crippen LogP contribution in [-0.2, 0) is 32.6 Å². The van der Waals surface area contributed by atoms with E-state index in [1.54, 1.807) is 60.7 Å². The highest BCUT2D eigenvalue weighted by atomic mass is 35.5. The van der Waals surface area contributed by atoms with Gasteiger partial charge in [-0.2, -0.15) is 0 Å². The number of rotatable bonds is 13. The molecule has 0 aliphatic carbocycles. The Balaban J connectivity index is 1.78. The van der Waals surface area contributed by atoms with Crippen LogP contribution in [-0.4, -0.2) is 51.4 Å². The number of nitrogens with one attached hydrogen (secondary N) is 1. The van der Waals surface area contributed by atoms with Gasteiger partial charge in [-0.25, -0.2) is 8.42 Å². The molecular weight excluding hydrogens is 598 g/mol. The number of carbonyl (C=O) groups excluding carboxylic acids is 2. The first-order valence-corrected chi connectivity index (χ1v) is 16.1. The number of hydrogen-bond acceptors (Lipinski definition) is 5. The van der Waals surface area contributed by atoms with Gasteiger partial charge in [-0.3, -0.25) is 13.9 Å². The minimum absolute atomic E-state index is 0.000816. The van der Waals surface area contributed by atoms with Gasteiger partial charge in [0.25, 0.3) is 10.0 Å². The molecule has 4 aromatic rings. The van der Waals surface area contributed by atoms with Crippen LogP contribution in [0, 0.1) is 6.92 Å². The fraction of sp³-hybridized carbons (Fsp3) is 0.235. The van der Waals surface area contributed by atoms with Gasteiger partial charge in [0.15, 0.2) is 0 Å². The first-order valence-electron chi connectivity index (χ1n) is 14.2. The van der Waals surface area contributed by atoms with Gasteiger partial charge in [-0.1, -0.05) is 77.8 Å². The van der Waals surface area contributed by atoms with E-state index in [-0.39, 0.29) is 23.8 Å². The van der Waals surface area contributed by atoms with Gasteiger partial charge in [-0.05, 0) is 67.4 Å². The number of likely N-dealkylation sites (N-methyl/N-ethyl adjacent to an activating group) is 1. The molecule has 0 aliphatic rings. The highest BCUT2D eigenvalue weighted by molar-refractivity contribution is 7.92. The Morgan fingerprint density at radius 3 is 2.14 bits per heavy atom. The highest BCUT2D eigenvalue weighted by Crippen LogP contribution is 2.27. The summed E-state index contributed by atoms with van der Waals surface area (Å²) in [6.45, 7) is 3.61. The van der Waals surface area contributed by atoms with Crippen LogP contribution in [0.2, 0.25) is 5.02 Å². The zero-order chi connectivity index (χ0) is 31.7. The first-order chi connectivity index (χ1) is 21.1. The molecule has 0 unspecified atom stereocenters. The number of sulfonamides is 1. The fourth-order valence-corrected chi connectivity index (χ4v) is 6.38. The summed E-state index contributed by atoms with van der Waals surface area (Å²) in [6, 6.07) is 28.4. The van der Waals surface area contributed by atoms with Crippen LogP contribution >= 0.6 is 11.6 Å². The number of aryl methyl sites for hydroxylation is 1. The van der Waals surface area contributed by atoms with Gasteiger partial charge in [0.2, 0.25) is 11.8 Å². The zero-order valence-corrected chi connectivity index (χ0v) is 26.5. The van der Waals surface area contributed by atoms with Crippen LogP contribution in [0.4, 0.5) is 5.69 Å². The van der Waals surface area contributed by atoms with E-state index in [1.807, 2.05) is 44.2 Å². The van der Waals surface area contributed by atoms with E-state index in [4.69, 9.17) is 16.3 Å². The molecule has 0 fully saturated rings. The number of hydrogen-bond donors (Lipinski definition) is 1. The van der Waals surface area contributed by atoms with Gasteiger partial charge in [0.05, 0.1) is 17.2 Å². The predicted octanol–water partition coefficient (Wildman–Crippen LogP) is 5.63. The second kappa shape index (κ2) is 14.9. The van der Waals surface area contributed by atoms with Gasteiger partial charge in [-0.15, -0.1) is 0 Å². The molecule has 0 spiro atoms. The summed E-state index contributed by atoms with van der Waals surface area (Å²) in [6.07, 6.45) is 0.215. The number of anilines is 1. The molecule has 0 radical (unpaired) electrons. The van der Waals surface area contributed by atoms with Crippen molar-refractivity contribution in [3.05, 3.63) is 125 Å². The van der Waals surface area contributed by atoms with Crippen molar-refractivity contribution in [2.45, 2.75) is 37.8 Å². The van der Waals surface area contributed by atoms with E-state index in [1.165, 1.54) is 24.1 Å². The molecule has 44 heavy (non-hydrogen) atoms. The van der Waals surface area contributed by atoms with Crippen molar-refractivity contribution in [3.63, 3.8) is 0 Å². The summed E-state index contributed by atoms with van der Waals surface area (Å²) in [5, 5.41) is 3.10. The molecule has 0 saturated heterocycles. The SMILES string of the molecule is CCOc1ccc(S(=O)(=O)N(CC(=O)N(Cc2ccccc2Cl)[C@H](Cc2ccccc2)C(=O)NC)c2ccc(C)cc2)cc1. The average Bonchev–Trinajstić information content (AvgIpc) is 3.03.